The topological polar surface area (TPSA) is 75.5 Å². The van der Waals surface area contributed by atoms with Gasteiger partial charge in [-0.15, -0.1) is 0 Å². The molecule has 0 spiro atoms. The van der Waals surface area contributed by atoms with Crippen molar-refractivity contribution in [3.63, 3.8) is 0 Å². The first-order valence-electron chi connectivity index (χ1n) is 8.24. The molecule has 1 aromatic carbocycles. The predicted molar refractivity (Wildman–Crippen MR) is 94.8 cm³/mol. The van der Waals surface area contributed by atoms with E-state index in [1.165, 1.54) is 36.2 Å². The van der Waals surface area contributed by atoms with Crippen molar-refractivity contribution in [1.82, 2.24) is 14.8 Å². The maximum absolute atomic E-state index is 12.4. The molecular formula is C19H17F2N3O4. The zero-order chi connectivity index (χ0) is 20.1. The third-order valence-corrected chi connectivity index (χ3v) is 3.91. The molecule has 146 valence electrons. The number of carbonyl (C=O) groups is 1. The van der Waals surface area contributed by atoms with Gasteiger partial charge in [0.15, 0.2) is 17.3 Å². The molecule has 0 N–H and O–H groups in total. The first-order chi connectivity index (χ1) is 13.5. The Hall–Kier alpha value is -3.49. The molecule has 0 unspecified atom stereocenters. The van der Waals surface area contributed by atoms with Crippen LogP contribution in [0.25, 0.3) is 5.82 Å². The van der Waals surface area contributed by atoms with Gasteiger partial charge in [-0.3, -0.25) is 0 Å². The molecule has 7 nitrogen and oxygen atoms in total. The standard InChI is InChI=1S/C19H17F2N3O4/c1-12-14(10-23-24(12)17-5-3-4-8-22-17)18(25)27-11-13-6-7-15(28-19(20)21)16(9-13)26-2/h3-10,19H,11H2,1-2H3. The molecule has 0 fully saturated rings. The lowest BCUT2D eigenvalue weighted by molar-refractivity contribution is -0.0512. The Kier molecular flexibility index (Phi) is 5.83. The zero-order valence-electron chi connectivity index (χ0n) is 15.1. The molecule has 28 heavy (non-hydrogen) atoms. The average Bonchev–Trinajstić information content (AvgIpc) is 3.08. The van der Waals surface area contributed by atoms with Crippen LogP contribution >= 0.6 is 0 Å². The third-order valence-electron chi connectivity index (χ3n) is 3.91. The van der Waals surface area contributed by atoms with Crippen molar-refractivity contribution < 1.29 is 27.8 Å². The van der Waals surface area contributed by atoms with E-state index in [-0.39, 0.29) is 18.1 Å². The molecule has 3 aromatic rings. The van der Waals surface area contributed by atoms with Gasteiger partial charge in [0, 0.05) is 6.20 Å². The van der Waals surface area contributed by atoms with E-state index in [9.17, 15) is 13.6 Å². The summed E-state index contributed by atoms with van der Waals surface area (Å²) in [6.07, 6.45) is 3.04. The number of alkyl halides is 2. The molecule has 0 atom stereocenters. The summed E-state index contributed by atoms with van der Waals surface area (Å²) in [6, 6.07) is 9.68. The van der Waals surface area contributed by atoms with Crippen molar-refractivity contribution in [3.8, 4) is 17.3 Å². The highest BCUT2D eigenvalue weighted by Crippen LogP contribution is 2.29. The van der Waals surface area contributed by atoms with E-state index in [0.29, 0.717) is 22.6 Å². The fourth-order valence-corrected chi connectivity index (χ4v) is 2.54. The molecule has 0 bridgehead atoms. The van der Waals surface area contributed by atoms with Gasteiger partial charge in [0.1, 0.15) is 12.2 Å². The van der Waals surface area contributed by atoms with Crippen molar-refractivity contribution in [2.75, 3.05) is 7.11 Å². The number of nitrogens with zero attached hydrogens (tertiary/aromatic N) is 3. The van der Waals surface area contributed by atoms with Gasteiger partial charge < -0.3 is 14.2 Å². The number of carbonyl (C=O) groups excluding carboxylic acids is 1. The molecule has 0 saturated heterocycles. The number of aromatic nitrogens is 3. The molecule has 0 aliphatic rings. The van der Waals surface area contributed by atoms with Crippen molar-refractivity contribution in [2.45, 2.75) is 20.1 Å². The largest absolute Gasteiger partial charge is 0.493 e. The molecular weight excluding hydrogens is 372 g/mol. The zero-order valence-corrected chi connectivity index (χ0v) is 15.1. The Morgan fingerprint density at radius 3 is 2.71 bits per heavy atom. The van der Waals surface area contributed by atoms with Crippen LogP contribution in [0.4, 0.5) is 8.78 Å². The van der Waals surface area contributed by atoms with Gasteiger partial charge in [0.2, 0.25) is 0 Å². The monoisotopic (exact) mass is 389 g/mol. The number of methoxy groups -OCH3 is 1. The number of rotatable bonds is 7. The number of halogens is 2. The predicted octanol–water partition coefficient (Wildman–Crippen LogP) is 3.54. The highest BCUT2D eigenvalue weighted by molar-refractivity contribution is 5.90. The fraction of sp³-hybridized carbons (Fsp3) is 0.211. The van der Waals surface area contributed by atoms with Crippen molar-refractivity contribution in [1.29, 1.82) is 0 Å². The third kappa shape index (κ3) is 4.25. The number of hydrogen-bond acceptors (Lipinski definition) is 6. The molecule has 2 heterocycles. The summed E-state index contributed by atoms with van der Waals surface area (Å²) in [4.78, 5) is 16.6. The van der Waals surface area contributed by atoms with Crippen LogP contribution in [0.2, 0.25) is 0 Å². The van der Waals surface area contributed by atoms with Gasteiger partial charge in [-0.05, 0) is 36.8 Å². The van der Waals surface area contributed by atoms with E-state index >= 15 is 0 Å². The Balaban J connectivity index is 1.70. The van der Waals surface area contributed by atoms with Crippen LogP contribution in [-0.2, 0) is 11.3 Å². The van der Waals surface area contributed by atoms with Crippen molar-refractivity contribution >= 4 is 5.97 Å². The highest BCUT2D eigenvalue weighted by Gasteiger charge is 2.18. The van der Waals surface area contributed by atoms with E-state index in [1.807, 2.05) is 6.07 Å². The maximum Gasteiger partial charge on any atom is 0.387 e. The lowest BCUT2D eigenvalue weighted by Crippen LogP contribution is -2.08. The highest BCUT2D eigenvalue weighted by atomic mass is 19.3. The second-order valence-corrected chi connectivity index (χ2v) is 5.68. The number of ether oxygens (including phenoxy) is 3. The van der Waals surface area contributed by atoms with Crippen LogP contribution in [0.15, 0.2) is 48.8 Å². The lowest BCUT2D eigenvalue weighted by Gasteiger charge is -2.11. The van der Waals surface area contributed by atoms with Gasteiger partial charge in [-0.2, -0.15) is 13.9 Å². The van der Waals surface area contributed by atoms with Crippen LogP contribution in [0.5, 0.6) is 11.5 Å². The smallest absolute Gasteiger partial charge is 0.387 e. The summed E-state index contributed by atoms with van der Waals surface area (Å²) in [6.45, 7) is -1.30. The van der Waals surface area contributed by atoms with E-state index in [2.05, 4.69) is 14.8 Å². The van der Waals surface area contributed by atoms with Crippen LogP contribution in [0, 0.1) is 6.92 Å². The average molecular weight is 389 g/mol. The van der Waals surface area contributed by atoms with E-state index in [1.54, 1.807) is 25.3 Å². The van der Waals surface area contributed by atoms with E-state index in [4.69, 9.17) is 9.47 Å². The molecule has 0 amide bonds. The lowest BCUT2D eigenvalue weighted by atomic mass is 10.2. The van der Waals surface area contributed by atoms with Crippen LogP contribution in [-0.4, -0.2) is 34.5 Å². The van der Waals surface area contributed by atoms with E-state index in [0.717, 1.165) is 0 Å². The van der Waals surface area contributed by atoms with Gasteiger partial charge in [0.05, 0.1) is 19.0 Å². The minimum atomic E-state index is -2.96. The van der Waals surface area contributed by atoms with E-state index < -0.39 is 12.6 Å². The second kappa shape index (κ2) is 8.47. The summed E-state index contributed by atoms with van der Waals surface area (Å²) in [5.74, 6) is 0.0398. The normalized spacial score (nSPS) is 10.8. The van der Waals surface area contributed by atoms with Gasteiger partial charge in [-0.25, -0.2) is 14.5 Å². The summed E-state index contributed by atoms with van der Waals surface area (Å²) >= 11 is 0. The first kappa shape index (κ1) is 19.3. The van der Waals surface area contributed by atoms with Crippen LogP contribution in [0.1, 0.15) is 21.6 Å². The molecule has 9 heteroatoms. The first-order valence-corrected chi connectivity index (χ1v) is 8.24. The Labute approximate surface area is 159 Å². The molecule has 0 aliphatic carbocycles. The number of hydrogen-bond donors (Lipinski definition) is 0. The summed E-state index contributed by atoms with van der Waals surface area (Å²) in [5.41, 5.74) is 1.44. The molecule has 0 radical (unpaired) electrons. The molecule has 0 aliphatic heterocycles. The Morgan fingerprint density at radius 2 is 2.04 bits per heavy atom. The van der Waals surface area contributed by atoms with Gasteiger partial charge in [0.25, 0.3) is 0 Å². The minimum absolute atomic E-state index is 0.0711. The Bertz CT molecular complexity index is 961. The van der Waals surface area contributed by atoms with Crippen molar-refractivity contribution in [3.05, 3.63) is 65.6 Å². The van der Waals surface area contributed by atoms with Gasteiger partial charge in [-0.1, -0.05) is 12.1 Å². The van der Waals surface area contributed by atoms with Crippen molar-refractivity contribution in [2.24, 2.45) is 0 Å². The summed E-state index contributed by atoms with van der Waals surface area (Å²) in [7, 11) is 1.33. The molecule has 2 aromatic heterocycles. The summed E-state index contributed by atoms with van der Waals surface area (Å²) in [5, 5.41) is 4.17. The summed E-state index contributed by atoms with van der Waals surface area (Å²) < 4.78 is 41.0. The maximum atomic E-state index is 12.4. The number of pyridine rings is 1. The fourth-order valence-electron chi connectivity index (χ4n) is 2.54. The van der Waals surface area contributed by atoms with Crippen LogP contribution in [0.3, 0.4) is 0 Å². The molecule has 3 rings (SSSR count). The minimum Gasteiger partial charge on any atom is -0.493 e. The van der Waals surface area contributed by atoms with Gasteiger partial charge >= 0.3 is 12.6 Å². The van der Waals surface area contributed by atoms with Crippen LogP contribution < -0.4 is 9.47 Å². The molecule has 0 saturated carbocycles. The second-order valence-electron chi connectivity index (χ2n) is 5.68. The SMILES string of the molecule is COc1cc(COC(=O)c2cnn(-c3ccccn3)c2C)ccc1OC(F)F. The Morgan fingerprint density at radius 1 is 1.21 bits per heavy atom. The number of benzene rings is 1. The number of esters is 1. The quantitative estimate of drug-likeness (QED) is 0.576.